The highest BCUT2D eigenvalue weighted by Gasteiger charge is 2.29. The monoisotopic (exact) mass is 307 g/mol. The summed E-state index contributed by atoms with van der Waals surface area (Å²) in [5, 5.41) is 22.7. The maximum atomic E-state index is 11.1. The third-order valence-corrected chi connectivity index (χ3v) is 4.01. The number of rotatable bonds is 5. The van der Waals surface area contributed by atoms with Crippen LogP contribution in [0.5, 0.6) is 5.75 Å². The summed E-state index contributed by atoms with van der Waals surface area (Å²) in [4.78, 5) is 11.1. The number of carboxylic acid groups (broad SMARTS) is 1. The van der Waals surface area contributed by atoms with Crippen LogP contribution < -0.4 is 10.1 Å². The number of carbonyl (C=O) groups is 1. The van der Waals surface area contributed by atoms with E-state index in [9.17, 15) is 9.90 Å². The average molecular weight is 307 g/mol. The van der Waals surface area contributed by atoms with Crippen molar-refractivity contribution in [2.75, 3.05) is 5.32 Å². The summed E-state index contributed by atoms with van der Waals surface area (Å²) in [7, 11) is 0. The molecule has 1 aliphatic carbocycles. The molecule has 122 valence electrons. The highest BCUT2D eigenvalue weighted by molar-refractivity contribution is 5.70. The first kappa shape index (κ1) is 16.6. The van der Waals surface area contributed by atoms with Crippen LogP contribution in [0.1, 0.15) is 39.5 Å². The molecular weight excluding hydrogens is 282 g/mol. The molecule has 2 rings (SSSR count). The van der Waals surface area contributed by atoms with Crippen molar-refractivity contribution in [1.29, 1.82) is 0 Å². The van der Waals surface area contributed by atoms with Gasteiger partial charge in [0, 0.05) is 11.8 Å². The predicted octanol–water partition coefficient (Wildman–Crippen LogP) is 2.89. The Hall–Kier alpha value is -1.75. The summed E-state index contributed by atoms with van der Waals surface area (Å²) >= 11 is 0. The number of aliphatic carboxylic acids is 1. The van der Waals surface area contributed by atoms with Crippen LogP contribution in [0.15, 0.2) is 24.3 Å². The summed E-state index contributed by atoms with van der Waals surface area (Å²) in [6, 6.07) is 7.52. The van der Waals surface area contributed by atoms with Gasteiger partial charge in [0.15, 0.2) is 0 Å². The largest absolute Gasteiger partial charge is 0.491 e. The van der Waals surface area contributed by atoms with Crippen LogP contribution in [0, 0.1) is 5.92 Å². The van der Waals surface area contributed by atoms with Gasteiger partial charge in [-0.15, -0.1) is 0 Å². The van der Waals surface area contributed by atoms with Crippen molar-refractivity contribution in [3.63, 3.8) is 0 Å². The molecule has 0 saturated heterocycles. The number of anilines is 1. The van der Waals surface area contributed by atoms with Crippen LogP contribution >= 0.6 is 0 Å². The minimum Gasteiger partial charge on any atom is -0.491 e. The molecule has 0 spiro atoms. The second-order valence-corrected chi connectivity index (χ2v) is 6.20. The Labute approximate surface area is 131 Å². The Morgan fingerprint density at radius 2 is 2.00 bits per heavy atom. The Kier molecular flexibility index (Phi) is 5.66. The van der Waals surface area contributed by atoms with E-state index in [-0.39, 0.29) is 18.1 Å². The van der Waals surface area contributed by atoms with Crippen LogP contribution in [0.3, 0.4) is 0 Å². The van der Waals surface area contributed by atoms with Crippen LogP contribution in [0.25, 0.3) is 0 Å². The number of nitrogens with one attached hydrogen (secondary N) is 1. The average Bonchev–Trinajstić information content (AvgIpc) is 2.62. The molecule has 1 aromatic rings. The van der Waals surface area contributed by atoms with Crippen molar-refractivity contribution in [2.45, 2.75) is 57.8 Å². The van der Waals surface area contributed by atoms with E-state index in [0.717, 1.165) is 11.4 Å². The first-order valence-electron chi connectivity index (χ1n) is 7.90. The normalized spacial score (nSPS) is 25.5. The van der Waals surface area contributed by atoms with Crippen molar-refractivity contribution in [3.05, 3.63) is 24.3 Å². The number of benzene rings is 1. The van der Waals surface area contributed by atoms with Crippen molar-refractivity contribution in [1.82, 2.24) is 0 Å². The van der Waals surface area contributed by atoms with Crippen LogP contribution in [-0.2, 0) is 4.79 Å². The van der Waals surface area contributed by atoms with E-state index in [2.05, 4.69) is 5.32 Å². The molecule has 1 aliphatic rings. The van der Waals surface area contributed by atoms with Gasteiger partial charge in [-0.1, -0.05) is 6.07 Å². The van der Waals surface area contributed by atoms with Gasteiger partial charge in [-0.2, -0.15) is 0 Å². The van der Waals surface area contributed by atoms with Gasteiger partial charge >= 0.3 is 5.97 Å². The van der Waals surface area contributed by atoms with E-state index in [4.69, 9.17) is 9.84 Å². The standard InChI is InChI=1S/C17H25NO4/c1-11(2)22-14-5-3-4-13(10-14)18-15-8-6-12(17(20)21)7-9-16(15)19/h3-5,10-12,15-16,18-19H,6-9H2,1-2H3,(H,20,21)/t12-,15+,16+/m1/s1. The summed E-state index contributed by atoms with van der Waals surface area (Å²) in [6.07, 6.45) is 1.86. The Morgan fingerprint density at radius 3 is 2.68 bits per heavy atom. The van der Waals surface area contributed by atoms with Gasteiger partial charge < -0.3 is 20.3 Å². The molecule has 0 amide bonds. The van der Waals surface area contributed by atoms with Gasteiger partial charge in [0.25, 0.3) is 0 Å². The Balaban J connectivity index is 2.01. The molecule has 0 radical (unpaired) electrons. The van der Waals surface area contributed by atoms with E-state index in [1.165, 1.54) is 0 Å². The summed E-state index contributed by atoms with van der Waals surface area (Å²) in [5.41, 5.74) is 0.885. The number of aliphatic hydroxyl groups is 1. The summed E-state index contributed by atoms with van der Waals surface area (Å²) < 4.78 is 5.66. The molecular formula is C17H25NO4. The van der Waals surface area contributed by atoms with Crippen LogP contribution in [0.2, 0.25) is 0 Å². The quantitative estimate of drug-likeness (QED) is 0.729. The number of hydrogen-bond donors (Lipinski definition) is 3. The first-order valence-corrected chi connectivity index (χ1v) is 7.90. The van der Waals surface area contributed by atoms with E-state index >= 15 is 0 Å². The van der Waals surface area contributed by atoms with Gasteiger partial charge in [-0.25, -0.2) is 0 Å². The lowest BCUT2D eigenvalue weighted by Gasteiger charge is -2.23. The van der Waals surface area contributed by atoms with Gasteiger partial charge in [0.05, 0.1) is 24.2 Å². The fourth-order valence-corrected chi connectivity index (χ4v) is 2.85. The minimum absolute atomic E-state index is 0.107. The maximum absolute atomic E-state index is 11.1. The van der Waals surface area contributed by atoms with Gasteiger partial charge in [-0.3, -0.25) is 4.79 Å². The molecule has 3 atom stereocenters. The zero-order valence-corrected chi connectivity index (χ0v) is 13.2. The number of hydrogen-bond acceptors (Lipinski definition) is 4. The lowest BCUT2D eigenvalue weighted by atomic mass is 10.0. The number of carboxylic acids is 1. The van der Waals surface area contributed by atoms with Gasteiger partial charge in [0.2, 0.25) is 0 Å². The summed E-state index contributed by atoms with van der Waals surface area (Å²) in [5.74, 6) is -0.330. The lowest BCUT2D eigenvalue weighted by Crippen LogP contribution is -2.32. The molecule has 3 N–H and O–H groups in total. The molecule has 5 nitrogen and oxygen atoms in total. The van der Waals surface area contributed by atoms with Gasteiger partial charge in [0.1, 0.15) is 5.75 Å². The second kappa shape index (κ2) is 7.49. The highest BCUT2D eigenvalue weighted by atomic mass is 16.5. The molecule has 5 heteroatoms. The molecule has 22 heavy (non-hydrogen) atoms. The fraction of sp³-hybridized carbons (Fsp3) is 0.588. The number of ether oxygens (including phenoxy) is 1. The molecule has 1 aromatic carbocycles. The van der Waals surface area contributed by atoms with Gasteiger partial charge in [-0.05, 0) is 51.7 Å². The Morgan fingerprint density at radius 1 is 1.27 bits per heavy atom. The van der Waals surface area contributed by atoms with Crippen molar-refractivity contribution < 1.29 is 19.7 Å². The molecule has 0 bridgehead atoms. The van der Waals surface area contributed by atoms with E-state index in [0.29, 0.717) is 25.7 Å². The third-order valence-electron chi connectivity index (χ3n) is 4.01. The van der Waals surface area contributed by atoms with E-state index in [1.807, 2.05) is 38.1 Å². The molecule has 1 saturated carbocycles. The predicted molar refractivity (Wildman–Crippen MR) is 85.2 cm³/mol. The molecule has 0 aromatic heterocycles. The number of aliphatic hydroxyl groups excluding tert-OH is 1. The van der Waals surface area contributed by atoms with E-state index < -0.39 is 12.1 Å². The van der Waals surface area contributed by atoms with E-state index in [1.54, 1.807) is 0 Å². The highest BCUT2D eigenvalue weighted by Crippen LogP contribution is 2.27. The molecule has 0 unspecified atom stereocenters. The zero-order chi connectivity index (χ0) is 16.1. The Bertz CT molecular complexity index is 503. The topological polar surface area (TPSA) is 78.8 Å². The fourth-order valence-electron chi connectivity index (χ4n) is 2.85. The van der Waals surface area contributed by atoms with Crippen molar-refractivity contribution >= 4 is 11.7 Å². The molecule has 0 aliphatic heterocycles. The smallest absolute Gasteiger partial charge is 0.306 e. The first-order chi connectivity index (χ1) is 10.5. The minimum atomic E-state index is -0.764. The third kappa shape index (κ3) is 4.63. The van der Waals surface area contributed by atoms with Crippen LogP contribution in [0.4, 0.5) is 5.69 Å². The van der Waals surface area contributed by atoms with Crippen molar-refractivity contribution in [3.8, 4) is 5.75 Å². The second-order valence-electron chi connectivity index (χ2n) is 6.20. The SMILES string of the molecule is CC(C)Oc1cccc(N[C@H]2CC[C@@H](C(=O)O)CC[C@@H]2O)c1. The molecule has 0 heterocycles. The zero-order valence-electron chi connectivity index (χ0n) is 13.2. The maximum Gasteiger partial charge on any atom is 0.306 e. The van der Waals surface area contributed by atoms with Crippen LogP contribution in [-0.4, -0.2) is 34.4 Å². The summed E-state index contributed by atoms with van der Waals surface area (Å²) in [6.45, 7) is 3.95. The molecule has 1 fully saturated rings. The lowest BCUT2D eigenvalue weighted by molar-refractivity contribution is -0.142. The van der Waals surface area contributed by atoms with Crippen molar-refractivity contribution in [2.24, 2.45) is 5.92 Å².